The number of rotatable bonds is 8. The zero-order valence-electron chi connectivity index (χ0n) is 16.6. The molecular formula is C21H30IN3O3. The van der Waals surface area contributed by atoms with E-state index >= 15 is 0 Å². The molecule has 7 heteroatoms. The van der Waals surface area contributed by atoms with Gasteiger partial charge in [0, 0.05) is 51.2 Å². The van der Waals surface area contributed by atoms with Crippen LogP contribution >= 0.6 is 24.0 Å². The van der Waals surface area contributed by atoms with Crippen LogP contribution in [0.4, 0.5) is 0 Å². The Morgan fingerprint density at radius 2 is 2.14 bits per heavy atom. The van der Waals surface area contributed by atoms with Crippen LogP contribution in [0.5, 0.6) is 5.75 Å². The Bertz CT molecular complexity index is 715. The lowest BCUT2D eigenvalue weighted by molar-refractivity contribution is 0.187. The molecular weight excluding hydrogens is 469 g/mol. The van der Waals surface area contributed by atoms with Gasteiger partial charge in [-0.3, -0.25) is 4.99 Å². The number of hydrogen-bond acceptors (Lipinski definition) is 4. The van der Waals surface area contributed by atoms with Crippen LogP contribution in [-0.2, 0) is 17.7 Å². The zero-order chi connectivity index (χ0) is 18.9. The average molecular weight is 499 g/mol. The van der Waals surface area contributed by atoms with E-state index in [1.165, 1.54) is 0 Å². The summed E-state index contributed by atoms with van der Waals surface area (Å²) in [6.07, 6.45) is 3.61. The molecule has 1 unspecified atom stereocenters. The summed E-state index contributed by atoms with van der Waals surface area (Å²) in [4.78, 5) is 6.99. The van der Waals surface area contributed by atoms with Gasteiger partial charge in [-0.25, -0.2) is 0 Å². The van der Waals surface area contributed by atoms with Crippen LogP contribution < -0.4 is 10.1 Å². The van der Waals surface area contributed by atoms with Crippen molar-refractivity contribution in [3.8, 4) is 5.75 Å². The molecule has 2 heterocycles. The molecule has 0 aliphatic carbocycles. The van der Waals surface area contributed by atoms with E-state index in [0.29, 0.717) is 5.92 Å². The Morgan fingerprint density at radius 1 is 1.29 bits per heavy atom. The third-order valence-electron chi connectivity index (χ3n) is 4.72. The molecule has 3 rings (SSSR count). The minimum Gasteiger partial charge on any atom is -0.496 e. The fraction of sp³-hybridized carbons (Fsp3) is 0.476. The number of guanidine groups is 1. The van der Waals surface area contributed by atoms with Gasteiger partial charge < -0.3 is 24.1 Å². The van der Waals surface area contributed by atoms with Crippen LogP contribution in [0, 0.1) is 5.92 Å². The van der Waals surface area contributed by atoms with E-state index in [9.17, 15) is 0 Å². The number of furan rings is 1. The average Bonchev–Trinajstić information content (AvgIpc) is 3.39. The Kier molecular flexibility index (Phi) is 9.63. The third kappa shape index (κ3) is 6.70. The Balaban J connectivity index is 0.00000280. The van der Waals surface area contributed by atoms with Gasteiger partial charge >= 0.3 is 0 Å². The first-order valence-corrected chi connectivity index (χ1v) is 9.47. The quantitative estimate of drug-likeness (QED) is 0.342. The van der Waals surface area contributed by atoms with Crippen LogP contribution in [0.2, 0.25) is 0 Å². The van der Waals surface area contributed by atoms with Gasteiger partial charge in [-0.05, 0) is 24.6 Å². The molecule has 6 nitrogen and oxygen atoms in total. The monoisotopic (exact) mass is 499 g/mol. The van der Waals surface area contributed by atoms with Gasteiger partial charge in [0.05, 0.1) is 20.0 Å². The van der Waals surface area contributed by atoms with E-state index in [1.54, 1.807) is 13.4 Å². The highest BCUT2D eigenvalue weighted by atomic mass is 127. The number of ether oxygens (including phenoxy) is 2. The van der Waals surface area contributed by atoms with Crippen molar-refractivity contribution in [2.75, 3.05) is 40.5 Å². The number of aliphatic imine (C=N–C) groups is 1. The fourth-order valence-electron chi connectivity index (χ4n) is 3.17. The fourth-order valence-corrected chi connectivity index (χ4v) is 3.17. The lowest BCUT2D eigenvalue weighted by Crippen LogP contribution is -2.40. The molecule has 1 aliphatic heterocycles. The van der Waals surface area contributed by atoms with E-state index in [0.717, 1.165) is 68.7 Å². The van der Waals surface area contributed by atoms with E-state index in [4.69, 9.17) is 18.9 Å². The number of benzene rings is 1. The summed E-state index contributed by atoms with van der Waals surface area (Å²) in [5, 5.41) is 3.47. The highest BCUT2D eigenvalue weighted by Gasteiger charge is 2.16. The second-order valence-corrected chi connectivity index (χ2v) is 6.82. The third-order valence-corrected chi connectivity index (χ3v) is 4.72. The molecule has 0 amide bonds. The smallest absolute Gasteiger partial charge is 0.193 e. The summed E-state index contributed by atoms with van der Waals surface area (Å²) in [6, 6.07) is 12.0. The minimum atomic E-state index is 0. The van der Waals surface area contributed by atoms with Gasteiger partial charge in [0.2, 0.25) is 0 Å². The van der Waals surface area contributed by atoms with Crippen molar-refractivity contribution < 1.29 is 13.9 Å². The van der Waals surface area contributed by atoms with Crippen LogP contribution in [0.1, 0.15) is 17.7 Å². The van der Waals surface area contributed by atoms with Gasteiger partial charge in [0.1, 0.15) is 11.5 Å². The van der Waals surface area contributed by atoms with Crippen molar-refractivity contribution in [1.82, 2.24) is 10.2 Å². The lowest BCUT2D eigenvalue weighted by atomic mass is 10.1. The number of hydrogen-bond donors (Lipinski definition) is 1. The van der Waals surface area contributed by atoms with Crippen molar-refractivity contribution in [1.29, 1.82) is 0 Å². The molecule has 0 spiro atoms. The molecule has 1 aliphatic rings. The first kappa shape index (κ1) is 22.5. The van der Waals surface area contributed by atoms with Crippen LogP contribution in [0.15, 0.2) is 52.1 Å². The maximum atomic E-state index is 5.48. The molecule has 1 saturated heterocycles. The van der Waals surface area contributed by atoms with Crippen molar-refractivity contribution in [3.63, 3.8) is 0 Å². The molecule has 28 heavy (non-hydrogen) atoms. The second kappa shape index (κ2) is 12.0. The number of nitrogens with one attached hydrogen (secondary N) is 1. The van der Waals surface area contributed by atoms with Gasteiger partial charge in [-0.15, -0.1) is 24.0 Å². The van der Waals surface area contributed by atoms with E-state index < -0.39 is 0 Å². The number of para-hydroxylation sites is 1. The van der Waals surface area contributed by atoms with Crippen molar-refractivity contribution >= 4 is 29.9 Å². The number of methoxy groups -OCH3 is 1. The van der Waals surface area contributed by atoms with Crippen LogP contribution in [-0.4, -0.2) is 51.3 Å². The van der Waals surface area contributed by atoms with Gasteiger partial charge in [-0.2, -0.15) is 0 Å². The summed E-state index contributed by atoms with van der Waals surface area (Å²) in [6.45, 7) is 3.92. The highest BCUT2D eigenvalue weighted by molar-refractivity contribution is 14.0. The number of nitrogens with zero attached hydrogens (tertiary/aromatic N) is 2. The topological polar surface area (TPSA) is 59.2 Å². The summed E-state index contributed by atoms with van der Waals surface area (Å²) >= 11 is 0. The highest BCUT2D eigenvalue weighted by Crippen LogP contribution is 2.19. The van der Waals surface area contributed by atoms with E-state index in [-0.39, 0.29) is 24.0 Å². The van der Waals surface area contributed by atoms with Crippen molar-refractivity contribution in [2.24, 2.45) is 10.9 Å². The summed E-state index contributed by atoms with van der Waals surface area (Å²) in [5.74, 6) is 3.26. The maximum absolute atomic E-state index is 5.48. The molecule has 1 fully saturated rings. The van der Waals surface area contributed by atoms with Crippen LogP contribution in [0.25, 0.3) is 0 Å². The Labute approximate surface area is 184 Å². The predicted octanol–water partition coefficient (Wildman–Crippen LogP) is 3.56. The number of halogens is 1. The van der Waals surface area contributed by atoms with Crippen LogP contribution in [0.3, 0.4) is 0 Å². The molecule has 1 aromatic heterocycles. The molecule has 2 aromatic rings. The summed E-state index contributed by atoms with van der Waals surface area (Å²) in [7, 11) is 3.76. The molecule has 154 valence electrons. The van der Waals surface area contributed by atoms with Gasteiger partial charge in [0.15, 0.2) is 5.96 Å². The zero-order valence-corrected chi connectivity index (χ0v) is 18.9. The predicted molar refractivity (Wildman–Crippen MR) is 122 cm³/mol. The lowest BCUT2D eigenvalue weighted by Gasteiger charge is -2.24. The Hall–Kier alpha value is -1.74. The standard InChI is InChI=1S/C21H29N3O3.HI/c1-24(15-18-6-3-4-8-20(18)25-2)21(23-14-17-10-13-26-16-17)22-11-9-19-7-5-12-27-19;/h3-8,12,17H,9-11,13-16H2,1-2H3,(H,22,23);1H. The minimum absolute atomic E-state index is 0. The van der Waals surface area contributed by atoms with Gasteiger partial charge in [-0.1, -0.05) is 18.2 Å². The van der Waals surface area contributed by atoms with E-state index in [2.05, 4.69) is 23.3 Å². The SMILES string of the molecule is COc1ccccc1CN(C)C(=NCC1CCOC1)NCCc1ccco1.I. The molecule has 1 N–H and O–H groups in total. The van der Waals surface area contributed by atoms with Crippen molar-refractivity contribution in [3.05, 3.63) is 54.0 Å². The first-order valence-electron chi connectivity index (χ1n) is 9.47. The van der Waals surface area contributed by atoms with E-state index in [1.807, 2.05) is 30.3 Å². The van der Waals surface area contributed by atoms with Gasteiger partial charge in [0.25, 0.3) is 0 Å². The normalized spacial score (nSPS) is 16.5. The molecule has 1 atom stereocenters. The summed E-state index contributed by atoms with van der Waals surface area (Å²) < 4.78 is 16.4. The first-order chi connectivity index (χ1) is 13.3. The summed E-state index contributed by atoms with van der Waals surface area (Å²) in [5.41, 5.74) is 1.13. The Morgan fingerprint density at radius 3 is 2.86 bits per heavy atom. The largest absolute Gasteiger partial charge is 0.496 e. The second-order valence-electron chi connectivity index (χ2n) is 6.82. The van der Waals surface area contributed by atoms with Crippen molar-refractivity contribution in [2.45, 2.75) is 19.4 Å². The molecule has 0 bridgehead atoms. The molecule has 0 saturated carbocycles. The molecule has 0 radical (unpaired) electrons. The maximum Gasteiger partial charge on any atom is 0.193 e. The molecule has 1 aromatic carbocycles.